The number of benzene rings is 3. The Morgan fingerprint density at radius 2 is 1.64 bits per heavy atom. The number of anilines is 1. The van der Waals surface area contributed by atoms with E-state index in [4.69, 9.17) is 9.15 Å². The van der Waals surface area contributed by atoms with Crippen LogP contribution in [0.2, 0.25) is 0 Å². The minimum atomic E-state index is -0.462. The second kappa shape index (κ2) is 10.3. The van der Waals surface area contributed by atoms with Gasteiger partial charge < -0.3 is 19.8 Å². The summed E-state index contributed by atoms with van der Waals surface area (Å²) in [5.41, 5.74) is 1.80. The van der Waals surface area contributed by atoms with Crippen molar-refractivity contribution in [2.45, 2.75) is 6.42 Å². The van der Waals surface area contributed by atoms with E-state index in [1.807, 2.05) is 30.3 Å². The fourth-order valence-electron chi connectivity index (χ4n) is 3.32. The first-order valence-corrected chi connectivity index (χ1v) is 10.5. The first-order valence-electron chi connectivity index (χ1n) is 10.5. The van der Waals surface area contributed by atoms with Crippen LogP contribution in [0.1, 0.15) is 15.9 Å². The van der Waals surface area contributed by atoms with Crippen LogP contribution in [0.5, 0.6) is 5.75 Å². The van der Waals surface area contributed by atoms with E-state index in [9.17, 15) is 14.4 Å². The van der Waals surface area contributed by atoms with Gasteiger partial charge in [0.15, 0.2) is 6.61 Å². The van der Waals surface area contributed by atoms with Gasteiger partial charge in [0.25, 0.3) is 11.8 Å². The normalized spacial score (nSPS) is 10.5. The zero-order chi connectivity index (χ0) is 23.0. The van der Waals surface area contributed by atoms with Gasteiger partial charge >= 0.3 is 5.63 Å². The number of fused-ring (bicyclic) bond motifs is 1. The van der Waals surface area contributed by atoms with E-state index in [-0.39, 0.29) is 12.5 Å². The summed E-state index contributed by atoms with van der Waals surface area (Å²) < 4.78 is 10.7. The largest absolute Gasteiger partial charge is 0.484 e. The van der Waals surface area contributed by atoms with E-state index in [0.717, 1.165) is 10.9 Å². The Morgan fingerprint density at radius 1 is 0.879 bits per heavy atom. The molecule has 2 N–H and O–H groups in total. The second-order valence-electron chi connectivity index (χ2n) is 7.33. The Morgan fingerprint density at radius 3 is 2.48 bits per heavy atom. The second-order valence-corrected chi connectivity index (χ2v) is 7.33. The van der Waals surface area contributed by atoms with Gasteiger partial charge in [-0.25, -0.2) is 4.79 Å². The summed E-state index contributed by atoms with van der Waals surface area (Å²) in [5, 5.41) is 6.35. The van der Waals surface area contributed by atoms with Crippen molar-refractivity contribution >= 4 is 28.5 Å². The topological polar surface area (TPSA) is 97.6 Å². The molecule has 0 unspecified atom stereocenters. The lowest BCUT2D eigenvalue weighted by molar-refractivity contribution is -0.118. The van der Waals surface area contributed by atoms with Crippen molar-refractivity contribution in [3.63, 3.8) is 0 Å². The minimum Gasteiger partial charge on any atom is -0.484 e. The van der Waals surface area contributed by atoms with Crippen molar-refractivity contribution in [2.24, 2.45) is 0 Å². The fraction of sp³-hybridized carbons (Fsp3) is 0.115. The van der Waals surface area contributed by atoms with Crippen LogP contribution in [0.4, 0.5) is 5.69 Å². The lowest BCUT2D eigenvalue weighted by Gasteiger charge is -2.12. The summed E-state index contributed by atoms with van der Waals surface area (Å²) in [7, 11) is 0. The van der Waals surface area contributed by atoms with Crippen LogP contribution in [-0.4, -0.2) is 25.0 Å². The Bertz CT molecular complexity index is 1330. The molecule has 2 amide bonds. The molecule has 0 saturated carbocycles. The van der Waals surface area contributed by atoms with Gasteiger partial charge in [-0.15, -0.1) is 0 Å². The maximum Gasteiger partial charge on any atom is 0.336 e. The molecule has 7 nitrogen and oxygen atoms in total. The monoisotopic (exact) mass is 442 g/mol. The smallest absolute Gasteiger partial charge is 0.336 e. The molecule has 0 spiro atoms. The molecule has 0 saturated heterocycles. The van der Waals surface area contributed by atoms with Gasteiger partial charge in [-0.3, -0.25) is 9.59 Å². The first-order chi connectivity index (χ1) is 16.1. The highest BCUT2D eigenvalue weighted by atomic mass is 16.5. The third-order valence-electron chi connectivity index (χ3n) is 4.95. The number of carbonyl (C=O) groups is 2. The molecular formula is C26H22N2O5. The Hall–Kier alpha value is -4.39. The molecular weight excluding hydrogens is 420 g/mol. The van der Waals surface area contributed by atoms with E-state index >= 15 is 0 Å². The summed E-state index contributed by atoms with van der Waals surface area (Å²) in [6.45, 7) is 0.207. The fourth-order valence-corrected chi connectivity index (χ4v) is 3.32. The quantitative estimate of drug-likeness (QED) is 0.405. The maximum atomic E-state index is 12.6. The van der Waals surface area contributed by atoms with Crippen LogP contribution in [0.15, 0.2) is 94.1 Å². The predicted octanol–water partition coefficient (Wildman–Crippen LogP) is 3.78. The van der Waals surface area contributed by atoms with Gasteiger partial charge in [-0.05, 0) is 42.3 Å². The van der Waals surface area contributed by atoms with Crippen LogP contribution >= 0.6 is 0 Å². The lowest BCUT2D eigenvalue weighted by Crippen LogP contribution is -2.28. The molecule has 166 valence electrons. The van der Waals surface area contributed by atoms with Crippen molar-refractivity contribution in [3.8, 4) is 5.75 Å². The molecule has 3 aromatic carbocycles. The minimum absolute atomic E-state index is 0.271. The third-order valence-corrected chi connectivity index (χ3v) is 4.95. The number of nitrogens with one attached hydrogen (secondary N) is 2. The average molecular weight is 442 g/mol. The molecule has 0 bridgehead atoms. The molecule has 0 aliphatic heterocycles. The molecule has 0 fully saturated rings. The predicted molar refractivity (Wildman–Crippen MR) is 126 cm³/mol. The van der Waals surface area contributed by atoms with Crippen molar-refractivity contribution in [3.05, 3.63) is 106 Å². The van der Waals surface area contributed by atoms with E-state index in [2.05, 4.69) is 10.6 Å². The van der Waals surface area contributed by atoms with Gasteiger partial charge in [0.05, 0.1) is 11.3 Å². The highest BCUT2D eigenvalue weighted by Crippen LogP contribution is 2.20. The molecule has 1 aromatic heterocycles. The maximum absolute atomic E-state index is 12.6. The number of para-hydroxylation sites is 1. The third kappa shape index (κ3) is 5.86. The zero-order valence-electron chi connectivity index (χ0n) is 17.7. The molecule has 7 heteroatoms. The van der Waals surface area contributed by atoms with Gasteiger partial charge in [0, 0.05) is 24.1 Å². The number of hydrogen-bond donors (Lipinski definition) is 2. The van der Waals surface area contributed by atoms with Crippen molar-refractivity contribution in [2.75, 3.05) is 18.5 Å². The Labute approximate surface area is 190 Å². The van der Waals surface area contributed by atoms with E-state index < -0.39 is 11.5 Å². The van der Waals surface area contributed by atoms with Gasteiger partial charge in [-0.1, -0.05) is 42.5 Å². The lowest BCUT2D eigenvalue weighted by atomic mass is 10.1. The Balaban J connectivity index is 1.34. The zero-order valence-corrected chi connectivity index (χ0v) is 17.7. The van der Waals surface area contributed by atoms with Crippen molar-refractivity contribution < 1.29 is 18.7 Å². The standard InChI is InChI=1S/C26H22N2O5/c29-24(17-32-20-12-10-19-11-13-25(30)33-23(19)16-20)28-22-9-5-4-8-21(22)26(31)27-15-14-18-6-2-1-3-7-18/h1-13,16H,14-15,17H2,(H,27,31)(H,28,29). The van der Waals surface area contributed by atoms with E-state index in [1.165, 1.54) is 6.07 Å². The first kappa shape index (κ1) is 21.8. The number of carbonyl (C=O) groups excluding carboxylic acids is 2. The Kier molecular flexibility index (Phi) is 6.80. The van der Waals surface area contributed by atoms with Crippen LogP contribution in [0.25, 0.3) is 11.0 Å². The molecule has 0 radical (unpaired) electrons. The summed E-state index contributed by atoms with van der Waals surface area (Å²) >= 11 is 0. The molecule has 0 atom stereocenters. The highest BCUT2D eigenvalue weighted by Gasteiger charge is 2.13. The van der Waals surface area contributed by atoms with Crippen LogP contribution in [0.3, 0.4) is 0 Å². The summed E-state index contributed by atoms with van der Waals surface area (Å²) in [4.78, 5) is 36.5. The van der Waals surface area contributed by atoms with Gasteiger partial charge in [0.2, 0.25) is 0 Å². The molecule has 33 heavy (non-hydrogen) atoms. The summed E-state index contributed by atoms with van der Waals surface area (Å²) in [6, 6.07) is 24.6. The van der Waals surface area contributed by atoms with Crippen LogP contribution in [-0.2, 0) is 11.2 Å². The summed E-state index contributed by atoms with van der Waals surface area (Å²) in [5.74, 6) is -0.305. The number of rotatable bonds is 8. The van der Waals surface area contributed by atoms with Crippen molar-refractivity contribution in [1.29, 1.82) is 0 Å². The molecule has 0 aliphatic rings. The number of amides is 2. The average Bonchev–Trinajstić information content (AvgIpc) is 2.83. The summed E-state index contributed by atoms with van der Waals surface area (Å²) in [6.07, 6.45) is 0.709. The SMILES string of the molecule is O=C(COc1ccc2ccc(=O)oc2c1)Nc1ccccc1C(=O)NCCc1ccccc1. The highest BCUT2D eigenvalue weighted by molar-refractivity contribution is 6.04. The number of hydrogen-bond acceptors (Lipinski definition) is 5. The van der Waals surface area contributed by atoms with E-state index in [1.54, 1.807) is 48.5 Å². The molecule has 0 aliphatic carbocycles. The molecule has 4 rings (SSSR count). The van der Waals surface area contributed by atoms with Gasteiger partial charge in [0.1, 0.15) is 11.3 Å². The van der Waals surface area contributed by atoms with Crippen LogP contribution < -0.4 is 21.0 Å². The van der Waals surface area contributed by atoms with Gasteiger partial charge in [-0.2, -0.15) is 0 Å². The van der Waals surface area contributed by atoms with Crippen molar-refractivity contribution in [1.82, 2.24) is 5.32 Å². The molecule has 4 aromatic rings. The number of ether oxygens (including phenoxy) is 1. The van der Waals surface area contributed by atoms with Crippen LogP contribution in [0, 0.1) is 0 Å². The molecule has 1 heterocycles. The van der Waals surface area contributed by atoms with E-state index in [0.29, 0.717) is 35.5 Å².